The number of rotatable bonds is 9. The molecule has 0 saturated carbocycles. The Morgan fingerprint density at radius 2 is 1.56 bits per heavy atom. The average Bonchev–Trinajstić information content (AvgIpc) is 2.89. The first-order valence-corrected chi connectivity index (χ1v) is 13.3. The highest BCUT2D eigenvalue weighted by Crippen LogP contribution is 2.36. The molecule has 1 N–H and O–H groups in total. The fraction of sp³-hybridized carbons (Fsp3) is 0.500. The molecule has 7 nitrogen and oxygen atoms in total. The quantitative estimate of drug-likeness (QED) is 0.452. The maximum Gasteiger partial charge on any atom is 0.416 e. The van der Waals surface area contributed by atoms with Gasteiger partial charge in [-0.05, 0) is 56.4 Å². The normalized spacial score (nSPS) is 20.6. The van der Waals surface area contributed by atoms with Gasteiger partial charge in [0.2, 0.25) is 11.8 Å². The summed E-state index contributed by atoms with van der Waals surface area (Å²) in [6.45, 7) is 1.32. The van der Waals surface area contributed by atoms with Gasteiger partial charge in [0.15, 0.2) is 0 Å². The Hall–Kier alpha value is -3.16. The summed E-state index contributed by atoms with van der Waals surface area (Å²) in [6, 6.07) is 10.3. The molecular formula is C28H33F6N5O2. The van der Waals surface area contributed by atoms with Gasteiger partial charge in [-0.25, -0.2) is 0 Å². The number of carbonyl (C=O) groups excluding carboxylic acids is 2. The average molecular weight is 586 g/mol. The van der Waals surface area contributed by atoms with Crippen molar-refractivity contribution in [1.29, 1.82) is 0 Å². The van der Waals surface area contributed by atoms with Gasteiger partial charge < -0.3 is 20.0 Å². The number of amides is 2. The van der Waals surface area contributed by atoms with Gasteiger partial charge in [-0.15, -0.1) is 0 Å². The van der Waals surface area contributed by atoms with Gasteiger partial charge in [-0.2, -0.15) is 26.3 Å². The van der Waals surface area contributed by atoms with E-state index in [0.717, 1.165) is 5.56 Å². The molecule has 2 amide bonds. The van der Waals surface area contributed by atoms with Crippen molar-refractivity contribution in [2.75, 3.05) is 40.4 Å². The van der Waals surface area contributed by atoms with E-state index in [1.807, 2.05) is 54.2 Å². The monoisotopic (exact) mass is 585 g/mol. The number of halogens is 6. The number of carbonyl (C=O) groups is 2. The fourth-order valence-corrected chi connectivity index (χ4v) is 5.30. The zero-order chi connectivity index (χ0) is 29.9. The number of hydrogen-bond donors (Lipinski definition) is 1. The maximum atomic E-state index is 13.6. The van der Waals surface area contributed by atoms with Crippen molar-refractivity contribution in [2.45, 2.75) is 50.5 Å². The first kappa shape index (κ1) is 30.8. The van der Waals surface area contributed by atoms with Crippen LogP contribution in [-0.4, -0.2) is 84.0 Å². The molecule has 41 heavy (non-hydrogen) atoms. The predicted molar refractivity (Wildman–Crippen MR) is 139 cm³/mol. The summed E-state index contributed by atoms with van der Waals surface area (Å²) in [5.41, 5.74) is -1.97. The lowest BCUT2D eigenvalue weighted by Crippen LogP contribution is -2.71. The van der Waals surface area contributed by atoms with Crippen LogP contribution in [0.1, 0.15) is 35.1 Å². The summed E-state index contributed by atoms with van der Waals surface area (Å²) in [7, 11) is 3.75. The van der Waals surface area contributed by atoms with E-state index in [1.165, 1.54) is 0 Å². The Kier molecular flexibility index (Phi) is 9.29. The molecule has 2 saturated heterocycles. The van der Waals surface area contributed by atoms with Crippen LogP contribution in [0.25, 0.3) is 0 Å². The molecule has 0 spiro atoms. The molecule has 13 heteroatoms. The van der Waals surface area contributed by atoms with E-state index in [-0.39, 0.29) is 49.6 Å². The third kappa shape index (κ3) is 7.57. The highest BCUT2D eigenvalue weighted by atomic mass is 19.4. The molecule has 224 valence electrons. The van der Waals surface area contributed by atoms with Crippen LogP contribution < -0.4 is 5.32 Å². The van der Waals surface area contributed by atoms with E-state index in [1.54, 1.807) is 9.80 Å². The summed E-state index contributed by atoms with van der Waals surface area (Å²) in [5.74, 6) is -0.311. The molecule has 2 heterocycles. The van der Waals surface area contributed by atoms with Gasteiger partial charge in [0, 0.05) is 26.1 Å². The van der Waals surface area contributed by atoms with Crippen molar-refractivity contribution < 1.29 is 35.9 Å². The van der Waals surface area contributed by atoms with Crippen LogP contribution in [0.4, 0.5) is 26.3 Å². The van der Waals surface area contributed by atoms with Crippen molar-refractivity contribution in [3.8, 4) is 0 Å². The van der Waals surface area contributed by atoms with Crippen LogP contribution in [0, 0.1) is 0 Å². The second kappa shape index (κ2) is 12.4. The number of nitrogens with zero attached hydrogens (tertiary/aromatic N) is 4. The van der Waals surface area contributed by atoms with Crippen LogP contribution in [0.5, 0.6) is 0 Å². The van der Waals surface area contributed by atoms with Crippen molar-refractivity contribution in [3.05, 3.63) is 70.8 Å². The molecule has 2 fully saturated rings. The molecule has 0 aliphatic carbocycles. The molecule has 2 atom stereocenters. The molecular weight excluding hydrogens is 552 g/mol. The lowest BCUT2D eigenvalue weighted by molar-refractivity contribution is -0.171. The van der Waals surface area contributed by atoms with Crippen molar-refractivity contribution in [1.82, 2.24) is 24.9 Å². The van der Waals surface area contributed by atoms with Gasteiger partial charge in [-0.3, -0.25) is 14.5 Å². The van der Waals surface area contributed by atoms with Crippen LogP contribution in [-0.2, 0) is 35.0 Å². The Morgan fingerprint density at radius 3 is 2.15 bits per heavy atom. The zero-order valence-electron chi connectivity index (χ0n) is 22.8. The van der Waals surface area contributed by atoms with E-state index in [0.29, 0.717) is 38.2 Å². The number of piperazine rings is 1. The Morgan fingerprint density at radius 1 is 0.927 bits per heavy atom. The number of nitrogens with one attached hydrogen (secondary N) is 1. The summed E-state index contributed by atoms with van der Waals surface area (Å²) in [4.78, 5) is 33.8. The fourth-order valence-electron chi connectivity index (χ4n) is 5.30. The standard InChI is InChI=1S/C28H33F6N5O2/c1-36(2)10-8-23-26(41)38(16-19-6-4-3-5-7-19)17-24-37(11-9-25(40)39(23)24)18-35-15-20-12-21(27(29,30)31)14-22(13-20)28(32,33)34/h3-7,12-14,23-24,35H,8-11,15-18H2,1-2H3/t23-,24+/m0/s1. The molecule has 0 aromatic heterocycles. The van der Waals surface area contributed by atoms with E-state index < -0.39 is 35.7 Å². The van der Waals surface area contributed by atoms with Crippen LogP contribution in [0.15, 0.2) is 48.5 Å². The predicted octanol–water partition coefficient (Wildman–Crippen LogP) is 3.99. The van der Waals surface area contributed by atoms with E-state index in [9.17, 15) is 35.9 Å². The van der Waals surface area contributed by atoms with E-state index >= 15 is 0 Å². The summed E-state index contributed by atoms with van der Waals surface area (Å²) in [5, 5.41) is 2.96. The molecule has 2 aliphatic rings. The topological polar surface area (TPSA) is 59.1 Å². The number of alkyl halides is 6. The van der Waals surface area contributed by atoms with Gasteiger partial charge >= 0.3 is 12.4 Å². The smallest absolute Gasteiger partial charge is 0.333 e. The summed E-state index contributed by atoms with van der Waals surface area (Å²) < 4.78 is 79.7. The summed E-state index contributed by atoms with van der Waals surface area (Å²) >= 11 is 0. The lowest BCUT2D eigenvalue weighted by atomic mass is 10.0. The highest BCUT2D eigenvalue weighted by Gasteiger charge is 2.47. The molecule has 0 unspecified atom stereocenters. The minimum atomic E-state index is -4.93. The minimum Gasteiger partial charge on any atom is -0.333 e. The molecule has 0 radical (unpaired) electrons. The first-order valence-electron chi connectivity index (χ1n) is 13.3. The van der Waals surface area contributed by atoms with E-state index in [2.05, 4.69) is 5.32 Å². The SMILES string of the molecule is CN(C)CC[C@H]1C(=O)N(Cc2ccccc2)C[C@@H]2N(CNCc3cc(C(F)(F)F)cc(C(F)(F)F)c3)CCC(=O)N21. The molecule has 4 rings (SSSR count). The summed E-state index contributed by atoms with van der Waals surface area (Å²) in [6.07, 6.45) is -9.79. The van der Waals surface area contributed by atoms with Crippen molar-refractivity contribution in [2.24, 2.45) is 0 Å². The van der Waals surface area contributed by atoms with Gasteiger partial charge in [0.25, 0.3) is 0 Å². The largest absolute Gasteiger partial charge is 0.416 e. The van der Waals surface area contributed by atoms with Gasteiger partial charge in [0.05, 0.1) is 24.3 Å². The number of benzene rings is 2. The van der Waals surface area contributed by atoms with Gasteiger partial charge in [0.1, 0.15) is 12.2 Å². The van der Waals surface area contributed by atoms with Crippen LogP contribution in [0.3, 0.4) is 0 Å². The first-order chi connectivity index (χ1) is 19.2. The van der Waals surface area contributed by atoms with Crippen molar-refractivity contribution in [3.63, 3.8) is 0 Å². The second-order valence-corrected chi connectivity index (χ2v) is 10.7. The van der Waals surface area contributed by atoms with Crippen LogP contribution >= 0.6 is 0 Å². The van der Waals surface area contributed by atoms with E-state index in [4.69, 9.17) is 0 Å². The Balaban J connectivity index is 1.53. The number of fused-ring (bicyclic) bond motifs is 1. The van der Waals surface area contributed by atoms with Gasteiger partial charge in [-0.1, -0.05) is 30.3 Å². The Labute approximate surface area is 234 Å². The van der Waals surface area contributed by atoms with Crippen LogP contribution in [0.2, 0.25) is 0 Å². The lowest BCUT2D eigenvalue weighted by Gasteiger charge is -2.52. The third-order valence-corrected chi connectivity index (χ3v) is 7.32. The molecule has 0 bridgehead atoms. The second-order valence-electron chi connectivity index (χ2n) is 10.7. The molecule has 2 aromatic carbocycles. The molecule has 2 aliphatic heterocycles. The minimum absolute atomic E-state index is 0.0970. The Bertz CT molecular complexity index is 1190. The van der Waals surface area contributed by atoms with Crippen molar-refractivity contribution >= 4 is 11.8 Å². The molecule has 2 aromatic rings. The maximum absolute atomic E-state index is 13.6. The highest BCUT2D eigenvalue weighted by molar-refractivity contribution is 5.89. The number of hydrogen-bond acceptors (Lipinski definition) is 5. The third-order valence-electron chi connectivity index (χ3n) is 7.32. The zero-order valence-corrected chi connectivity index (χ0v) is 22.8.